The molecule has 2 aromatic heterocycles. The zero-order valence-electron chi connectivity index (χ0n) is 15.7. The number of nitrogens with one attached hydrogen (secondary N) is 1. The van der Waals surface area contributed by atoms with Gasteiger partial charge in [0.15, 0.2) is 11.3 Å². The van der Waals surface area contributed by atoms with Crippen molar-refractivity contribution in [2.45, 2.75) is 13.5 Å². The molecular weight excluding hydrogens is 352 g/mol. The molecule has 0 bridgehead atoms. The van der Waals surface area contributed by atoms with E-state index in [-0.39, 0.29) is 5.91 Å². The van der Waals surface area contributed by atoms with Gasteiger partial charge in [-0.1, -0.05) is 42.5 Å². The smallest absolute Gasteiger partial charge is 0.272 e. The molecule has 4 aromatic rings. The maximum Gasteiger partial charge on any atom is 0.272 e. The molecule has 28 heavy (non-hydrogen) atoms. The largest absolute Gasteiger partial charge is 0.497 e. The fraction of sp³-hybridized carbons (Fsp3) is 0.136. The van der Waals surface area contributed by atoms with Gasteiger partial charge >= 0.3 is 0 Å². The van der Waals surface area contributed by atoms with Crippen LogP contribution in [-0.2, 0) is 6.54 Å². The second kappa shape index (κ2) is 7.52. The predicted octanol–water partition coefficient (Wildman–Crippen LogP) is 3.64. The molecule has 0 saturated carbocycles. The summed E-state index contributed by atoms with van der Waals surface area (Å²) in [4.78, 5) is 17.2. The quantitative estimate of drug-likeness (QED) is 0.581. The Hall–Kier alpha value is -3.67. The van der Waals surface area contributed by atoms with Gasteiger partial charge in [-0.25, -0.2) is 9.50 Å². The number of nitrogens with zero attached hydrogens (tertiary/aromatic N) is 3. The van der Waals surface area contributed by atoms with Gasteiger partial charge in [-0.15, -0.1) is 0 Å². The number of ether oxygens (including phenoxy) is 1. The Balaban J connectivity index is 1.55. The molecular formula is C22H20N4O2. The molecule has 0 fully saturated rings. The van der Waals surface area contributed by atoms with Crippen LogP contribution in [0.5, 0.6) is 5.75 Å². The van der Waals surface area contributed by atoms with E-state index in [0.717, 1.165) is 28.3 Å². The first-order valence-electron chi connectivity index (χ1n) is 8.98. The lowest BCUT2D eigenvalue weighted by Crippen LogP contribution is -2.23. The van der Waals surface area contributed by atoms with Crippen LogP contribution in [0.2, 0.25) is 0 Å². The Morgan fingerprint density at radius 3 is 2.54 bits per heavy atom. The lowest BCUT2D eigenvalue weighted by atomic mass is 10.1. The molecule has 0 aliphatic rings. The van der Waals surface area contributed by atoms with Crippen molar-refractivity contribution in [3.8, 4) is 17.0 Å². The molecule has 0 atom stereocenters. The van der Waals surface area contributed by atoms with Gasteiger partial charge in [0.25, 0.3) is 5.91 Å². The SMILES string of the molecule is COc1ccc(CNC(=O)c2cc3nc(-c4ccccc4)cc(C)n3n2)cc1. The van der Waals surface area contributed by atoms with Crippen molar-refractivity contribution in [1.29, 1.82) is 0 Å². The topological polar surface area (TPSA) is 68.5 Å². The molecule has 0 aliphatic heterocycles. The summed E-state index contributed by atoms with van der Waals surface area (Å²) >= 11 is 0. The number of carbonyl (C=O) groups is 1. The Bertz CT molecular complexity index is 1120. The minimum atomic E-state index is -0.234. The zero-order chi connectivity index (χ0) is 19.5. The molecule has 2 aromatic carbocycles. The van der Waals surface area contributed by atoms with E-state index >= 15 is 0 Å². The van der Waals surface area contributed by atoms with Crippen LogP contribution in [0.25, 0.3) is 16.9 Å². The third-order valence-corrected chi connectivity index (χ3v) is 4.52. The molecule has 1 N–H and O–H groups in total. The highest BCUT2D eigenvalue weighted by atomic mass is 16.5. The highest BCUT2D eigenvalue weighted by Crippen LogP contribution is 2.19. The van der Waals surface area contributed by atoms with Crippen LogP contribution < -0.4 is 10.1 Å². The number of aromatic nitrogens is 3. The molecule has 2 heterocycles. The van der Waals surface area contributed by atoms with Crippen molar-refractivity contribution in [3.63, 3.8) is 0 Å². The van der Waals surface area contributed by atoms with E-state index in [1.807, 2.05) is 67.6 Å². The normalized spacial score (nSPS) is 10.8. The number of benzene rings is 2. The molecule has 0 saturated heterocycles. The minimum absolute atomic E-state index is 0.234. The van der Waals surface area contributed by atoms with Gasteiger partial charge in [0.1, 0.15) is 5.75 Å². The van der Waals surface area contributed by atoms with Crippen LogP contribution in [-0.4, -0.2) is 27.6 Å². The average Bonchev–Trinajstić information content (AvgIpc) is 3.18. The van der Waals surface area contributed by atoms with E-state index in [0.29, 0.717) is 17.9 Å². The summed E-state index contributed by atoms with van der Waals surface area (Å²) < 4.78 is 6.83. The van der Waals surface area contributed by atoms with Crippen molar-refractivity contribution in [1.82, 2.24) is 19.9 Å². The number of aryl methyl sites for hydroxylation is 1. The number of amides is 1. The first-order valence-corrected chi connectivity index (χ1v) is 8.98. The molecule has 6 nitrogen and oxygen atoms in total. The number of fused-ring (bicyclic) bond motifs is 1. The van der Waals surface area contributed by atoms with Crippen molar-refractivity contribution in [2.75, 3.05) is 7.11 Å². The van der Waals surface area contributed by atoms with Crippen LogP contribution >= 0.6 is 0 Å². The second-order valence-corrected chi connectivity index (χ2v) is 6.48. The zero-order valence-corrected chi connectivity index (χ0v) is 15.7. The van der Waals surface area contributed by atoms with Crippen LogP contribution in [0.4, 0.5) is 0 Å². The Labute approximate surface area is 162 Å². The fourth-order valence-electron chi connectivity index (χ4n) is 3.01. The number of carbonyl (C=O) groups excluding carboxylic acids is 1. The molecule has 0 radical (unpaired) electrons. The average molecular weight is 372 g/mol. The van der Waals surface area contributed by atoms with E-state index in [1.165, 1.54) is 0 Å². The highest BCUT2D eigenvalue weighted by molar-refractivity contribution is 5.93. The van der Waals surface area contributed by atoms with Crippen molar-refractivity contribution >= 4 is 11.6 Å². The third kappa shape index (κ3) is 3.57. The molecule has 6 heteroatoms. The lowest BCUT2D eigenvalue weighted by Gasteiger charge is -2.05. The van der Waals surface area contributed by atoms with Gasteiger partial charge in [0.2, 0.25) is 0 Å². The minimum Gasteiger partial charge on any atom is -0.497 e. The summed E-state index contributed by atoms with van der Waals surface area (Å²) in [5, 5.41) is 7.30. The summed E-state index contributed by atoms with van der Waals surface area (Å²) in [6, 6.07) is 21.2. The standard InChI is InChI=1S/C22H20N4O2/c1-15-12-19(17-6-4-3-5-7-17)24-21-13-20(25-26(15)21)22(27)23-14-16-8-10-18(28-2)11-9-16/h3-13H,14H2,1-2H3,(H,23,27). The molecule has 0 spiro atoms. The van der Waals surface area contributed by atoms with E-state index in [1.54, 1.807) is 17.7 Å². The number of hydrogen-bond acceptors (Lipinski definition) is 4. The molecule has 0 unspecified atom stereocenters. The van der Waals surface area contributed by atoms with E-state index in [4.69, 9.17) is 4.74 Å². The van der Waals surface area contributed by atoms with Crippen molar-refractivity contribution in [2.24, 2.45) is 0 Å². The maximum absolute atomic E-state index is 12.5. The number of hydrogen-bond donors (Lipinski definition) is 1. The van der Waals surface area contributed by atoms with Crippen molar-refractivity contribution < 1.29 is 9.53 Å². The monoisotopic (exact) mass is 372 g/mol. The summed E-state index contributed by atoms with van der Waals surface area (Å²) in [6.45, 7) is 2.37. The van der Waals surface area contributed by atoms with E-state index in [9.17, 15) is 4.79 Å². The van der Waals surface area contributed by atoms with Crippen LogP contribution in [0.3, 0.4) is 0 Å². The maximum atomic E-state index is 12.5. The highest BCUT2D eigenvalue weighted by Gasteiger charge is 2.14. The van der Waals surface area contributed by atoms with E-state index < -0.39 is 0 Å². The first-order chi connectivity index (χ1) is 13.6. The van der Waals surface area contributed by atoms with Gasteiger partial charge in [0, 0.05) is 23.9 Å². The first kappa shape index (κ1) is 17.7. The second-order valence-electron chi connectivity index (χ2n) is 6.48. The van der Waals surface area contributed by atoms with Crippen LogP contribution in [0.1, 0.15) is 21.7 Å². The Morgan fingerprint density at radius 1 is 1.07 bits per heavy atom. The van der Waals surface area contributed by atoms with Crippen LogP contribution in [0, 0.1) is 6.92 Å². The van der Waals surface area contributed by atoms with Crippen LogP contribution in [0.15, 0.2) is 66.7 Å². The molecule has 0 aliphatic carbocycles. The third-order valence-electron chi connectivity index (χ3n) is 4.52. The van der Waals surface area contributed by atoms with Gasteiger partial charge < -0.3 is 10.1 Å². The Morgan fingerprint density at radius 2 is 1.82 bits per heavy atom. The molecule has 4 rings (SSSR count). The van der Waals surface area contributed by atoms with Gasteiger partial charge in [-0.2, -0.15) is 5.10 Å². The van der Waals surface area contributed by atoms with Gasteiger partial charge in [-0.3, -0.25) is 4.79 Å². The molecule has 1 amide bonds. The summed E-state index contributed by atoms with van der Waals surface area (Å²) in [5.74, 6) is 0.549. The molecule has 140 valence electrons. The van der Waals surface area contributed by atoms with E-state index in [2.05, 4.69) is 15.4 Å². The number of methoxy groups -OCH3 is 1. The van der Waals surface area contributed by atoms with Gasteiger partial charge in [0.05, 0.1) is 12.8 Å². The summed E-state index contributed by atoms with van der Waals surface area (Å²) in [6.07, 6.45) is 0. The Kier molecular flexibility index (Phi) is 4.76. The van der Waals surface area contributed by atoms with Crippen molar-refractivity contribution in [3.05, 3.63) is 83.7 Å². The summed E-state index contributed by atoms with van der Waals surface area (Å²) in [5.41, 5.74) is 4.77. The predicted molar refractivity (Wildman–Crippen MR) is 107 cm³/mol. The van der Waals surface area contributed by atoms with Gasteiger partial charge in [-0.05, 0) is 30.7 Å². The fourth-order valence-corrected chi connectivity index (χ4v) is 3.01. The summed E-state index contributed by atoms with van der Waals surface area (Å²) in [7, 11) is 1.62. The number of rotatable bonds is 5. The lowest BCUT2D eigenvalue weighted by molar-refractivity contribution is 0.0945.